The van der Waals surface area contributed by atoms with Crippen molar-refractivity contribution in [1.82, 2.24) is 5.32 Å². The van der Waals surface area contributed by atoms with Gasteiger partial charge >= 0.3 is 0 Å². The summed E-state index contributed by atoms with van der Waals surface area (Å²) in [4.78, 5) is 0. The van der Waals surface area contributed by atoms with Gasteiger partial charge in [-0.3, -0.25) is 5.32 Å². The standard InChI is InChI=1S/C14H17FN2O/c15-14(6-8-18-9-7-14)13(10-16)17-11-12-4-2-1-3-5-12/h1-5,13,17H,6-9,11H2/t13-/m1/s1. The van der Waals surface area contributed by atoms with E-state index in [1.54, 1.807) is 0 Å². The number of hydrogen-bond acceptors (Lipinski definition) is 3. The summed E-state index contributed by atoms with van der Waals surface area (Å²) in [5.74, 6) is 0. The lowest BCUT2D eigenvalue weighted by Gasteiger charge is -2.33. The molecule has 1 fully saturated rings. The number of ether oxygens (including phenoxy) is 1. The van der Waals surface area contributed by atoms with Crippen molar-refractivity contribution in [2.45, 2.75) is 31.1 Å². The van der Waals surface area contributed by atoms with Crippen LogP contribution in [0.25, 0.3) is 0 Å². The van der Waals surface area contributed by atoms with Crippen LogP contribution in [0.15, 0.2) is 30.3 Å². The number of hydrogen-bond donors (Lipinski definition) is 1. The van der Waals surface area contributed by atoms with Crippen LogP contribution in [0.3, 0.4) is 0 Å². The molecule has 3 nitrogen and oxygen atoms in total. The van der Waals surface area contributed by atoms with E-state index >= 15 is 0 Å². The maximum Gasteiger partial charge on any atom is 0.143 e. The van der Waals surface area contributed by atoms with Gasteiger partial charge in [0.2, 0.25) is 0 Å². The van der Waals surface area contributed by atoms with Gasteiger partial charge in [-0.05, 0) is 5.56 Å². The highest BCUT2D eigenvalue weighted by Gasteiger charge is 2.40. The molecule has 1 saturated heterocycles. The molecular formula is C14H17FN2O. The molecule has 0 unspecified atom stereocenters. The molecule has 1 aliphatic heterocycles. The van der Waals surface area contributed by atoms with E-state index in [-0.39, 0.29) is 12.8 Å². The van der Waals surface area contributed by atoms with E-state index in [0.29, 0.717) is 19.8 Å². The lowest BCUT2D eigenvalue weighted by molar-refractivity contribution is -0.0200. The highest BCUT2D eigenvalue weighted by atomic mass is 19.1. The average Bonchev–Trinajstić information content (AvgIpc) is 2.41. The SMILES string of the molecule is N#C[C@@H](NCc1ccccc1)C1(F)CCOCC1. The molecule has 0 aliphatic carbocycles. The molecule has 0 saturated carbocycles. The fourth-order valence-electron chi connectivity index (χ4n) is 2.16. The summed E-state index contributed by atoms with van der Waals surface area (Å²) in [6.07, 6.45) is 0.569. The summed E-state index contributed by atoms with van der Waals surface area (Å²) in [6, 6.07) is 11.0. The molecule has 4 heteroatoms. The van der Waals surface area contributed by atoms with Crippen LogP contribution in [0.4, 0.5) is 4.39 Å². The van der Waals surface area contributed by atoms with Crippen molar-refractivity contribution in [3.8, 4) is 6.07 Å². The van der Waals surface area contributed by atoms with Gasteiger partial charge in [-0.15, -0.1) is 0 Å². The second-order valence-electron chi connectivity index (χ2n) is 4.58. The Kier molecular flexibility index (Phi) is 4.29. The smallest absolute Gasteiger partial charge is 0.143 e. The van der Waals surface area contributed by atoms with E-state index in [2.05, 4.69) is 5.32 Å². The topological polar surface area (TPSA) is 45.0 Å². The predicted octanol–water partition coefficient (Wildman–Crippen LogP) is 2.19. The highest BCUT2D eigenvalue weighted by molar-refractivity contribution is 5.15. The molecule has 96 valence electrons. The fourth-order valence-corrected chi connectivity index (χ4v) is 2.16. The monoisotopic (exact) mass is 248 g/mol. The number of alkyl halides is 1. The zero-order valence-electron chi connectivity index (χ0n) is 10.2. The molecule has 0 radical (unpaired) electrons. The van der Waals surface area contributed by atoms with Gasteiger partial charge in [0.15, 0.2) is 0 Å². The van der Waals surface area contributed by atoms with Crippen molar-refractivity contribution >= 4 is 0 Å². The molecule has 0 bridgehead atoms. The van der Waals surface area contributed by atoms with Crippen LogP contribution in [0.5, 0.6) is 0 Å². The van der Waals surface area contributed by atoms with E-state index < -0.39 is 11.7 Å². The number of nitrogens with zero attached hydrogens (tertiary/aromatic N) is 1. The quantitative estimate of drug-likeness (QED) is 0.888. The summed E-state index contributed by atoms with van der Waals surface area (Å²) in [5.41, 5.74) is -0.421. The zero-order valence-corrected chi connectivity index (χ0v) is 10.2. The molecule has 1 atom stereocenters. The van der Waals surface area contributed by atoms with E-state index in [4.69, 9.17) is 10.00 Å². The van der Waals surface area contributed by atoms with Crippen molar-refractivity contribution in [1.29, 1.82) is 5.26 Å². The van der Waals surface area contributed by atoms with Gasteiger partial charge in [0.05, 0.1) is 6.07 Å². The number of rotatable bonds is 4. The minimum Gasteiger partial charge on any atom is -0.381 e. The summed E-state index contributed by atoms with van der Waals surface area (Å²) in [6.45, 7) is 1.29. The van der Waals surface area contributed by atoms with Crippen molar-refractivity contribution in [3.05, 3.63) is 35.9 Å². The molecule has 1 N–H and O–H groups in total. The van der Waals surface area contributed by atoms with Crippen LogP contribution in [-0.4, -0.2) is 24.9 Å². The van der Waals surface area contributed by atoms with Crippen LogP contribution in [0, 0.1) is 11.3 Å². The van der Waals surface area contributed by atoms with Crippen molar-refractivity contribution in [2.24, 2.45) is 0 Å². The normalized spacial score (nSPS) is 20.0. The van der Waals surface area contributed by atoms with Gasteiger partial charge < -0.3 is 4.74 Å². The Hall–Kier alpha value is -1.44. The highest BCUT2D eigenvalue weighted by Crippen LogP contribution is 2.29. The third-order valence-electron chi connectivity index (χ3n) is 3.32. The third-order valence-corrected chi connectivity index (χ3v) is 3.32. The van der Waals surface area contributed by atoms with Crippen LogP contribution < -0.4 is 5.32 Å². The van der Waals surface area contributed by atoms with Gasteiger partial charge in [-0.2, -0.15) is 5.26 Å². The number of benzene rings is 1. The molecule has 1 heterocycles. The van der Waals surface area contributed by atoms with Crippen LogP contribution in [-0.2, 0) is 11.3 Å². The Bertz CT molecular complexity index is 410. The Balaban J connectivity index is 1.95. The van der Waals surface area contributed by atoms with E-state index in [1.807, 2.05) is 36.4 Å². The molecule has 0 aromatic heterocycles. The first-order valence-corrected chi connectivity index (χ1v) is 6.18. The minimum atomic E-state index is -1.47. The molecule has 1 aliphatic rings. The molecule has 1 aromatic rings. The van der Waals surface area contributed by atoms with E-state index in [1.165, 1.54) is 0 Å². The maximum absolute atomic E-state index is 14.6. The van der Waals surface area contributed by atoms with E-state index in [0.717, 1.165) is 5.56 Å². The zero-order chi connectivity index (χ0) is 12.8. The summed E-state index contributed by atoms with van der Waals surface area (Å²) in [7, 11) is 0. The summed E-state index contributed by atoms with van der Waals surface area (Å²) in [5, 5.41) is 12.1. The summed E-state index contributed by atoms with van der Waals surface area (Å²) >= 11 is 0. The number of halogens is 1. The van der Waals surface area contributed by atoms with Gasteiger partial charge in [0.25, 0.3) is 0 Å². The number of nitriles is 1. The molecule has 0 spiro atoms. The minimum absolute atomic E-state index is 0.285. The largest absolute Gasteiger partial charge is 0.381 e. The molecule has 2 rings (SSSR count). The first-order valence-electron chi connectivity index (χ1n) is 6.18. The molecular weight excluding hydrogens is 231 g/mol. The van der Waals surface area contributed by atoms with Gasteiger partial charge in [-0.25, -0.2) is 4.39 Å². The second-order valence-corrected chi connectivity index (χ2v) is 4.58. The van der Waals surface area contributed by atoms with Gasteiger partial charge in [0, 0.05) is 32.6 Å². The first kappa shape index (κ1) is 13.0. The average molecular weight is 248 g/mol. The molecule has 18 heavy (non-hydrogen) atoms. The van der Waals surface area contributed by atoms with Crippen LogP contribution in [0.2, 0.25) is 0 Å². The molecule has 1 aromatic carbocycles. The van der Waals surface area contributed by atoms with Crippen LogP contribution in [0.1, 0.15) is 18.4 Å². The number of nitrogens with one attached hydrogen (secondary N) is 1. The summed E-state index contributed by atoms with van der Waals surface area (Å²) < 4.78 is 19.7. The van der Waals surface area contributed by atoms with Crippen LogP contribution >= 0.6 is 0 Å². The fraction of sp³-hybridized carbons (Fsp3) is 0.500. The Morgan fingerprint density at radius 1 is 1.33 bits per heavy atom. The Morgan fingerprint density at radius 2 is 2.00 bits per heavy atom. The second kappa shape index (κ2) is 5.94. The first-order chi connectivity index (χ1) is 8.74. The lowest BCUT2D eigenvalue weighted by atomic mass is 9.89. The van der Waals surface area contributed by atoms with Gasteiger partial charge in [-0.1, -0.05) is 30.3 Å². The Morgan fingerprint density at radius 3 is 2.61 bits per heavy atom. The van der Waals surface area contributed by atoms with Crippen molar-refractivity contribution in [2.75, 3.05) is 13.2 Å². The Labute approximate surface area is 107 Å². The maximum atomic E-state index is 14.6. The van der Waals surface area contributed by atoms with Crippen molar-refractivity contribution < 1.29 is 9.13 Å². The predicted molar refractivity (Wildman–Crippen MR) is 66.6 cm³/mol. The third kappa shape index (κ3) is 3.06. The van der Waals surface area contributed by atoms with E-state index in [9.17, 15) is 4.39 Å². The lowest BCUT2D eigenvalue weighted by Crippen LogP contribution is -2.49. The van der Waals surface area contributed by atoms with Crippen molar-refractivity contribution in [3.63, 3.8) is 0 Å². The van der Waals surface area contributed by atoms with Gasteiger partial charge in [0.1, 0.15) is 11.7 Å². The molecule has 0 amide bonds.